The van der Waals surface area contributed by atoms with Crippen molar-refractivity contribution in [2.45, 2.75) is 19.4 Å². The Hall–Kier alpha value is -3.22. The Kier molecular flexibility index (Phi) is 4.82. The van der Waals surface area contributed by atoms with Crippen LogP contribution in [0, 0.1) is 0 Å². The highest BCUT2D eigenvalue weighted by atomic mass is 16.1. The summed E-state index contributed by atoms with van der Waals surface area (Å²) in [4.78, 5) is 27.8. The third kappa shape index (κ3) is 3.81. The van der Waals surface area contributed by atoms with Crippen LogP contribution in [0.1, 0.15) is 28.9 Å². The fourth-order valence-corrected chi connectivity index (χ4v) is 3.27. The summed E-state index contributed by atoms with van der Waals surface area (Å²) in [6.45, 7) is 2.48. The van der Waals surface area contributed by atoms with Crippen molar-refractivity contribution in [3.8, 4) is 11.1 Å². The fraction of sp³-hybridized carbons (Fsp3) is 0.300. The molecule has 0 bridgehead atoms. The van der Waals surface area contributed by atoms with Gasteiger partial charge in [0.15, 0.2) is 0 Å². The Morgan fingerprint density at radius 2 is 1.93 bits per heavy atom. The van der Waals surface area contributed by atoms with Crippen LogP contribution in [0.25, 0.3) is 11.1 Å². The Bertz CT molecular complexity index is 913. The lowest BCUT2D eigenvalue weighted by molar-refractivity contribution is 0.0943. The van der Waals surface area contributed by atoms with Crippen molar-refractivity contribution in [2.75, 3.05) is 18.0 Å². The minimum atomic E-state index is -0.123. The molecule has 4 rings (SSSR count). The second-order valence-corrected chi connectivity index (χ2v) is 6.73. The molecule has 0 atom stereocenters. The number of amides is 1. The normalized spacial score (nSPS) is 13.7. The van der Waals surface area contributed by atoms with Crippen molar-refractivity contribution >= 4 is 11.9 Å². The number of aryl methyl sites for hydroxylation is 1. The minimum Gasteiger partial charge on any atom is -0.347 e. The second kappa shape index (κ2) is 7.57. The van der Waals surface area contributed by atoms with E-state index in [1.807, 2.05) is 48.4 Å². The highest BCUT2D eigenvalue weighted by Crippen LogP contribution is 2.23. The monoisotopic (exact) mass is 362 g/mol. The van der Waals surface area contributed by atoms with Crippen LogP contribution in [0.4, 0.5) is 5.95 Å². The predicted octanol–water partition coefficient (Wildman–Crippen LogP) is 2.41. The molecule has 1 amide bonds. The largest absolute Gasteiger partial charge is 0.347 e. The van der Waals surface area contributed by atoms with Gasteiger partial charge in [-0.1, -0.05) is 6.07 Å². The van der Waals surface area contributed by atoms with Crippen molar-refractivity contribution in [3.05, 3.63) is 60.4 Å². The molecule has 0 radical (unpaired) electrons. The highest BCUT2D eigenvalue weighted by molar-refractivity contribution is 5.94. The molecule has 1 aliphatic heterocycles. The van der Waals surface area contributed by atoms with E-state index in [0.29, 0.717) is 12.2 Å². The summed E-state index contributed by atoms with van der Waals surface area (Å²) in [6, 6.07) is 5.66. The number of anilines is 1. The summed E-state index contributed by atoms with van der Waals surface area (Å²) in [5.41, 5.74) is 3.39. The zero-order chi connectivity index (χ0) is 18.6. The standard InChI is InChI=1S/C20H22N6O/c1-25-14-16(17-12-23-20(24-13-17)26-7-2-3-8-26)9-18(25)19(27)22-11-15-5-4-6-21-10-15/h4-6,9-10,12-14H,2-3,7-8,11H2,1H3,(H,22,27). The number of hydrogen-bond donors (Lipinski definition) is 1. The molecule has 138 valence electrons. The van der Waals surface area contributed by atoms with E-state index in [1.54, 1.807) is 12.4 Å². The van der Waals surface area contributed by atoms with Gasteiger partial charge in [0.05, 0.1) is 0 Å². The maximum absolute atomic E-state index is 12.5. The molecular formula is C20H22N6O. The summed E-state index contributed by atoms with van der Waals surface area (Å²) in [5.74, 6) is 0.656. The van der Waals surface area contributed by atoms with Gasteiger partial charge in [0, 0.05) is 68.8 Å². The van der Waals surface area contributed by atoms with Crippen LogP contribution in [-0.2, 0) is 13.6 Å². The van der Waals surface area contributed by atoms with Crippen LogP contribution < -0.4 is 10.2 Å². The molecule has 0 saturated carbocycles. The highest BCUT2D eigenvalue weighted by Gasteiger charge is 2.16. The molecule has 3 aromatic rings. The van der Waals surface area contributed by atoms with Gasteiger partial charge in [0.2, 0.25) is 5.95 Å². The molecule has 1 fully saturated rings. The van der Waals surface area contributed by atoms with E-state index >= 15 is 0 Å². The summed E-state index contributed by atoms with van der Waals surface area (Å²) in [5, 5.41) is 2.93. The molecule has 4 heterocycles. The molecule has 0 aromatic carbocycles. The van der Waals surface area contributed by atoms with Crippen LogP contribution in [0.3, 0.4) is 0 Å². The SMILES string of the molecule is Cn1cc(-c2cnc(N3CCCC3)nc2)cc1C(=O)NCc1cccnc1. The number of aromatic nitrogens is 4. The molecule has 1 aliphatic rings. The fourth-order valence-electron chi connectivity index (χ4n) is 3.27. The molecule has 0 spiro atoms. The zero-order valence-corrected chi connectivity index (χ0v) is 15.3. The predicted molar refractivity (Wildman–Crippen MR) is 103 cm³/mol. The van der Waals surface area contributed by atoms with Crippen molar-refractivity contribution in [3.63, 3.8) is 0 Å². The average Bonchev–Trinajstić information content (AvgIpc) is 3.37. The lowest BCUT2D eigenvalue weighted by atomic mass is 10.2. The van der Waals surface area contributed by atoms with Crippen LogP contribution in [0.5, 0.6) is 0 Å². The van der Waals surface area contributed by atoms with Crippen LogP contribution in [-0.4, -0.2) is 38.5 Å². The topological polar surface area (TPSA) is 75.9 Å². The average molecular weight is 362 g/mol. The van der Waals surface area contributed by atoms with Crippen LogP contribution >= 0.6 is 0 Å². The van der Waals surface area contributed by atoms with Gasteiger partial charge in [0.25, 0.3) is 5.91 Å². The first-order valence-corrected chi connectivity index (χ1v) is 9.11. The lowest BCUT2D eigenvalue weighted by Gasteiger charge is -2.14. The van der Waals surface area contributed by atoms with Gasteiger partial charge in [-0.05, 0) is 30.5 Å². The van der Waals surface area contributed by atoms with E-state index in [1.165, 1.54) is 12.8 Å². The van der Waals surface area contributed by atoms with Gasteiger partial charge in [0.1, 0.15) is 5.69 Å². The van der Waals surface area contributed by atoms with E-state index in [2.05, 4.69) is 25.2 Å². The maximum Gasteiger partial charge on any atom is 0.268 e. The maximum atomic E-state index is 12.5. The second-order valence-electron chi connectivity index (χ2n) is 6.73. The Balaban J connectivity index is 1.46. The number of carbonyl (C=O) groups is 1. The van der Waals surface area contributed by atoms with Crippen LogP contribution in [0.2, 0.25) is 0 Å². The van der Waals surface area contributed by atoms with Gasteiger partial charge >= 0.3 is 0 Å². The third-order valence-corrected chi connectivity index (χ3v) is 4.77. The third-order valence-electron chi connectivity index (χ3n) is 4.77. The molecule has 7 heteroatoms. The van der Waals surface area contributed by atoms with Crippen molar-refractivity contribution in [2.24, 2.45) is 7.05 Å². The van der Waals surface area contributed by atoms with Crippen LogP contribution in [0.15, 0.2) is 49.2 Å². The first kappa shape index (κ1) is 17.2. The summed E-state index contributed by atoms with van der Waals surface area (Å²) in [6.07, 6.45) is 11.4. The molecule has 3 aromatic heterocycles. The van der Waals surface area contributed by atoms with Gasteiger partial charge in [-0.3, -0.25) is 9.78 Å². The Morgan fingerprint density at radius 1 is 1.15 bits per heavy atom. The molecule has 0 unspecified atom stereocenters. The first-order chi connectivity index (χ1) is 13.2. The van der Waals surface area contributed by atoms with E-state index in [-0.39, 0.29) is 5.91 Å². The number of hydrogen-bond acceptors (Lipinski definition) is 5. The van der Waals surface area contributed by atoms with Crippen molar-refractivity contribution < 1.29 is 4.79 Å². The smallest absolute Gasteiger partial charge is 0.268 e. The van der Waals surface area contributed by atoms with Gasteiger partial charge in [-0.15, -0.1) is 0 Å². The number of pyridine rings is 1. The van der Waals surface area contributed by atoms with Crippen molar-refractivity contribution in [1.82, 2.24) is 24.8 Å². The van der Waals surface area contributed by atoms with Gasteiger partial charge < -0.3 is 14.8 Å². The van der Waals surface area contributed by atoms with Gasteiger partial charge in [-0.2, -0.15) is 0 Å². The van der Waals surface area contributed by atoms with E-state index < -0.39 is 0 Å². The molecule has 27 heavy (non-hydrogen) atoms. The van der Waals surface area contributed by atoms with E-state index in [4.69, 9.17) is 0 Å². The van der Waals surface area contributed by atoms with Gasteiger partial charge in [-0.25, -0.2) is 9.97 Å². The summed E-state index contributed by atoms with van der Waals surface area (Å²) < 4.78 is 1.82. The van der Waals surface area contributed by atoms with E-state index in [9.17, 15) is 4.79 Å². The molecule has 1 saturated heterocycles. The number of rotatable bonds is 5. The van der Waals surface area contributed by atoms with Crippen molar-refractivity contribution in [1.29, 1.82) is 0 Å². The Morgan fingerprint density at radius 3 is 2.63 bits per heavy atom. The summed E-state index contributed by atoms with van der Waals surface area (Å²) in [7, 11) is 1.86. The summed E-state index contributed by atoms with van der Waals surface area (Å²) >= 11 is 0. The molecule has 7 nitrogen and oxygen atoms in total. The first-order valence-electron chi connectivity index (χ1n) is 9.11. The molecule has 1 N–H and O–H groups in total. The zero-order valence-electron chi connectivity index (χ0n) is 15.3. The molecule has 0 aliphatic carbocycles. The number of carbonyl (C=O) groups excluding carboxylic acids is 1. The Labute approximate surface area is 158 Å². The number of nitrogens with one attached hydrogen (secondary N) is 1. The van der Waals surface area contributed by atoms with E-state index in [0.717, 1.165) is 35.7 Å². The quantitative estimate of drug-likeness (QED) is 0.754. The molecular weight excluding hydrogens is 340 g/mol. The number of nitrogens with zero attached hydrogens (tertiary/aromatic N) is 5. The minimum absolute atomic E-state index is 0.123. The lowest BCUT2D eigenvalue weighted by Crippen LogP contribution is -2.24.